The van der Waals surface area contributed by atoms with Crippen LogP contribution in [0.1, 0.15) is 39.0 Å². The van der Waals surface area contributed by atoms with E-state index in [-0.39, 0.29) is 6.61 Å². The monoisotopic (exact) mass is 241 g/mol. The highest BCUT2D eigenvalue weighted by atomic mass is 16.5. The number of aliphatic hydroxyl groups excluding tert-OH is 1. The first-order chi connectivity index (χ1) is 8.30. The largest absolute Gasteiger partial charge is 0.395 e. The Balaban J connectivity index is 1.98. The molecule has 3 nitrogen and oxygen atoms in total. The van der Waals surface area contributed by atoms with Crippen LogP contribution in [-0.4, -0.2) is 49.5 Å². The Hall–Kier alpha value is -0.120. The van der Waals surface area contributed by atoms with Gasteiger partial charge in [-0.1, -0.05) is 19.3 Å². The average Bonchev–Trinajstić information content (AvgIpc) is 2.66. The molecule has 3 heteroatoms. The van der Waals surface area contributed by atoms with Crippen LogP contribution in [0.25, 0.3) is 0 Å². The Bertz CT molecular complexity index is 226. The van der Waals surface area contributed by atoms with Crippen molar-refractivity contribution in [3.05, 3.63) is 0 Å². The van der Waals surface area contributed by atoms with Gasteiger partial charge in [-0.25, -0.2) is 0 Å². The van der Waals surface area contributed by atoms with Crippen molar-refractivity contribution in [1.29, 1.82) is 0 Å². The minimum absolute atomic E-state index is 0.289. The summed E-state index contributed by atoms with van der Waals surface area (Å²) >= 11 is 0. The van der Waals surface area contributed by atoms with E-state index in [1.807, 2.05) is 0 Å². The summed E-state index contributed by atoms with van der Waals surface area (Å²) in [6.45, 7) is 7.26. The number of rotatable bonds is 5. The van der Waals surface area contributed by atoms with Gasteiger partial charge in [-0.2, -0.15) is 0 Å². The Kier molecular flexibility index (Phi) is 4.83. The molecule has 1 atom stereocenters. The summed E-state index contributed by atoms with van der Waals surface area (Å²) in [5.41, 5.74) is 0.503. The lowest BCUT2D eigenvalue weighted by molar-refractivity contribution is 0.0467. The molecule has 0 aromatic heterocycles. The van der Waals surface area contributed by atoms with Crippen molar-refractivity contribution in [1.82, 2.24) is 4.90 Å². The molecule has 2 fully saturated rings. The number of β-amino-alcohol motifs (C(OH)–C–C–N with tert-alkyl or cyclic N) is 1. The number of hydrogen-bond donors (Lipinski definition) is 1. The van der Waals surface area contributed by atoms with Gasteiger partial charge < -0.3 is 14.7 Å². The van der Waals surface area contributed by atoms with Gasteiger partial charge in [-0.15, -0.1) is 0 Å². The van der Waals surface area contributed by atoms with Crippen LogP contribution in [0.15, 0.2) is 0 Å². The molecule has 1 saturated carbocycles. The summed E-state index contributed by atoms with van der Waals surface area (Å²) in [7, 11) is 0. The molecule has 1 N–H and O–H groups in total. The van der Waals surface area contributed by atoms with E-state index in [1.54, 1.807) is 0 Å². The fourth-order valence-corrected chi connectivity index (χ4v) is 3.77. The third-order valence-electron chi connectivity index (χ3n) is 4.67. The van der Waals surface area contributed by atoms with E-state index in [0.29, 0.717) is 11.3 Å². The van der Waals surface area contributed by atoms with E-state index in [4.69, 9.17) is 9.84 Å². The first-order valence-electron chi connectivity index (χ1n) is 7.22. The Labute approximate surface area is 105 Å². The predicted molar refractivity (Wildman–Crippen MR) is 69.0 cm³/mol. The van der Waals surface area contributed by atoms with E-state index in [1.165, 1.54) is 38.6 Å². The fraction of sp³-hybridized carbons (Fsp3) is 1.00. The standard InChI is InChI=1S/C14H27NO2/c1-2-17-11-13-10-15(8-9-16)12-14(13)6-4-3-5-7-14/h13,16H,2-12H2,1H3/t13-/m1/s1. The summed E-state index contributed by atoms with van der Waals surface area (Å²) < 4.78 is 5.68. The predicted octanol–water partition coefficient (Wildman–Crippen LogP) is 1.90. The minimum atomic E-state index is 0.289. The molecule has 0 bridgehead atoms. The lowest BCUT2D eigenvalue weighted by Gasteiger charge is -2.38. The summed E-state index contributed by atoms with van der Waals surface area (Å²) in [5.74, 6) is 0.689. The lowest BCUT2D eigenvalue weighted by atomic mass is 9.68. The van der Waals surface area contributed by atoms with Crippen LogP contribution in [0.2, 0.25) is 0 Å². The number of aliphatic hydroxyl groups is 1. The second-order valence-electron chi connectivity index (χ2n) is 5.74. The highest BCUT2D eigenvalue weighted by Gasteiger charge is 2.46. The first-order valence-corrected chi connectivity index (χ1v) is 7.22. The molecule has 0 amide bonds. The first kappa shape index (κ1) is 13.3. The zero-order valence-corrected chi connectivity index (χ0v) is 11.2. The van der Waals surface area contributed by atoms with Gasteiger partial charge in [-0.05, 0) is 25.2 Å². The fourth-order valence-electron chi connectivity index (χ4n) is 3.77. The van der Waals surface area contributed by atoms with E-state index in [9.17, 15) is 0 Å². The minimum Gasteiger partial charge on any atom is -0.395 e. The van der Waals surface area contributed by atoms with Gasteiger partial charge in [0.05, 0.1) is 13.2 Å². The molecular weight excluding hydrogens is 214 g/mol. The van der Waals surface area contributed by atoms with Crippen molar-refractivity contribution in [3.63, 3.8) is 0 Å². The average molecular weight is 241 g/mol. The molecule has 0 radical (unpaired) electrons. The van der Waals surface area contributed by atoms with Gasteiger partial charge in [-0.3, -0.25) is 0 Å². The van der Waals surface area contributed by atoms with Crippen molar-refractivity contribution in [2.24, 2.45) is 11.3 Å². The van der Waals surface area contributed by atoms with Crippen molar-refractivity contribution in [2.75, 3.05) is 39.5 Å². The quantitative estimate of drug-likeness (QED) is 0.798. The molecule has 17 heavy (non-hydrogen) atoms. The van der Waals surface area contributed by atoms with Gasteiger partial charge in [0.15, 0.2) is 0 Å². The van der Waals surface area contributed by atoms with Crippen molar-refractivity contribution < 1.29 is 9.84 Å². The van der Waals surface area contributed by atoms with E-state index < -0.39 is 0 Å². The number of likely N-dealkylation sites (tertiary alicyclic amines) is 1. The zero-order chi connectivity index (χ0) is 12.1. The molecule has 2 aliphatic rings. The van der Waals surface area contributed by atoms with Gasteiger partial charge >= 0.3 is 0 Å². The molecule has 2 rings (SSSR count). The van der Waals surface area contributed by atoms with Crippen LogP contribution >= 0.6 is 0 Å². The molecule has 1 saturated heterocycles. The van der Waals surface area contributed by atoms with E-state index >= 15 is 0 Å². The lowest BCUT2D eigenvalue weighted by Crippen LogP contribution is -2.35. The van der Waals surface area contributed by atoms with Crippen LogP contribution < -0.4 is 0 Å². The number of hydrogen-bond acceptors (Lipinski definition) is 3. The molecule has 1 aliphatic heterocycles. The van der Waals surface area contributed by atoms with Crippen LogP contribution in [0, 0.1) is 11.3 Å². The normalized spacial score (nSPS) is 28.9. The Morgan fingerprint density at radius 3 is 2.71 bits per heavy atom. The topological polar surface area (TPSA) is 32.7 Å². The smallest absolute Gasteiger partial charge is 0.0558 e. The van der Waals surface area contributed by atoms with Gasteiger partial charge in [0.1, 0.15) is 0 Å². The highest BCUT2D eigenvalue weighted by Crippen LogP contribution is 2.47. The van der Waals surface area contributed by atoms with Crippen LogP contribution in [-0.2, 0) is 4.74 Å². The highest BCUT2D eigenvalue weighted by molar-refractivity contribution is 4.97. The Morgan fingerprint density at radius 2 is 2.06 bits per heavy atom. The SMILES string of the molecule is CCOC[C@H]1CN(CCO)CC12CCCCC2. The summed E-state index contributed by atoms with van der Waals surface area (Å²) in [6, 6.07) is 0. The van der Waals surface area contributed by atoms with Crippen molar-refractivity contribution >= 4 is 0 Å². The van der Waals surface area contributed by atoms with E-state index in [0.717, 1.165) is 26.3 Å². The van der Waals surface area contributed by atoms with Gasteiger partial charge in [0.25, 0.3) is 0 Å². The molecular formula is C14H27NO2. The number of ether oxygens (including phenoxy) is 1. The second-order valence-corrected chi connectivity index (χ2v) is 5.74. The summed E-state index contributed by atoms with van der Waals surface area (Å²) in [4.78, 5) is 2.44. The second kappa shape index (κ2) is 6.17. The van der Waals surface area contributed by atoms with E-state index in [2.05, 4.69) is 11.8 Å². The van der Waals surface area contributed by atoms with Gasteiger partial charge in [0, 0.05) is 32.2 Å². The van der Waals surface area contributed by atoms with Crippen LogP contribution in [0.5, 0.6) is 0 Å². The molecule has 0 unspecified atom stereocenters. The molecule has 0 aromatic carbocycles. The Morgan fingerprint density at radius 1 is 1.29 bits per heavy atom. The van der Waals surface area contributed by atoms with Crippen molar-refractivity contribution in [3.8, 4) is 0 Å². The zero-order valence-electron chi connectivity index (χ0n) is 11.2. The van der Waals surface area contributed by atoms with Crippen LogP contribution in [0.3, 0.4) is 0 Å². The third kappa shape index (κ3) is 3.01. The number of nitrogens with zero attached hydrogens (tertiary/aromatic N) is 1. The molecule has 1 spiro atoms. The maximum Gasteiger partial charge on any atom is 0.0558 e. The third-order valence-corrected chi connectivity index (χ3v) is 4.67. The van der Waals surface area contributed by atoms with Gasteiger partial charge in [0.2, 0.25) is 0 Å². The van der Waals surface area contributed by atoms with Crippen molar-refractivity contribution in [2.45, 2.75) is 39.0 Å². The molecule has 0 aromatic rings. The maximum absolute atomic E-state index is 9.10. The maximum atomic E-state index is 9.10. The molecule has 100 valence electrons. The molecule has 1 heterocycles. The summed E-state index contributed by atoms with van der Waals surface area (Å²) in [5, 5.41) is 9.10. The molecule has 1 aliphatic carbocycles. The van der Waals surface area contributed by atoms with Crippen LogP contribution in [0.4, 0.5) is 0 Å². The summed E-state index contributed by atoms with van der Waals surface area (Å²) in [6.07, 6.45) is 6.91.